The van der Waals surface area contributed by atoms with Crippen molar-refractivity contribution in [1.29, 1.82) is 0 Å². The Bertz CT molecular complexity index is 798. The first kappa shape index (κ1) is 13.1. The van der Waals surface area contributed by atoms with Gasteiger partial charge in [0.05, 0.1) is 34.3 Å². The van der Waals surface area contributed by atoms with Gasteiger partial charge < -0.3 is 4.74 Å². The molecule has 0 saturated heterocycles. The normalized spacial score (nSPS) is 10.7. The Morgan fingerprint density at radius 1 is 1.45 bits per heavy atom. The maximum Gasteiger partial charge on any atom is 0.129 e. The lowest BCUT2D eigenvalue weighted by atomic mass is 10.1. The van der Waals surface area contributed by atoms with Crippen molar-refractivity contribution in [2.45, 2.75) is 0 Å². The van der Waals surface area contributed by atoms with E-state index in [4.69, 9.17) is 16.3 Å². The second-order valence-electron chi connectivity index (χ2n) is 4.05. The van der Waals surface area contributed by atoms with Gasteiger partial charge in [-0.1, -0.05) is 24.2 Å². The number of rotatable bonds is 3. The van der Waals surface area contributed by atoms with Gasteiger partial charge in [0.25, 0.3) is 0 Å². The van der Waals surface area contributed by atoms with Crippen LogP contribution in [0.15, 0.2) is 30.2 Å². The van der Waals surface area contributed by atoms with Crippen LogP contribution in [0, 0.1) is 6.20 Å². The zero-order chi connectivity index (χ0) is 14.1. The van der Waals surface area contributed by atoms with Crippen LogP contribution in [0.1, 0.15) is 5.69 Å². The smallest absolute Gasteiger partial charge is 0.129 e. The van der Waals surface area contributed by atoms with E-state index in [9.17, 15) is 0 Å². The van der Waals surface area contributed by atoms with E-state index in [1.807, 2.05) is 23.6 Å². The van der Waals surface area contributed by atoms with Crippen molar-refractivity contribution >= 4 is 39.9 Å². The van der Waals surface area contributed by atoms with E-state index < -0.39 is 0 Å². The highest BCUT2D eigenvalue weighted by molar-refractivity contribution is 7.13. The molecule has 0 atom stereocenters. The summed E-state index contributed by atoms with van der Waals surface area (Å²) in [6.07, 6.45) is 4.66. The minimum atomic E-state index is 0.553. The number of pyridine rings is 1. The van der Waals surface area contributed by atoms with Crippen LogP contribution in [0.5, 0.6) is 5.75 Å². The number of halogens is 1. The van der Waals surface area contributed by atoms with Crippen molar-refractivity contribution in [2.24, 2.45) is 0 Å². The van der Waals surface area contributed by atoms with Gasteiger partial charge in [0.1, 0.15) is 17.0 Å². The van der Waals surface area contributed by atoms with Crippen molar-refractivity contribution < 1.29 is 4.74 Å². The van der Waals surface area contributed by atoms with Crippen LogP contribution in [0.3, 0.4) is 0 Å². The Morgan fingerprint density at radius 2 is 2.30 bits per heavy atom. The lowest BCUT2D eigenvalue weighted by Gasteiger charge is -2.08. The van der Waals surface area contributed by atoms with Crippen LogP contribution in [-0.4, -0.2) is 17.1 Å². The number of hydrogen-bond donors (Lipinski definition) is 0. The molecule has 0 fully saturated rings. The molecule has 3 rings (SSSR count). The summed E-state index contributed by atoms with van der Waals surface area (Å²) >= 11 is 7.99. The number of fused-ring (bicyclic) bond motifs is 1. The van der Waals surface area contributed by atoms with Gasteiger partial charge in [0.2, 0.25) is 0 Å². The Morgan fingerprint density at radius 3 is 3.00 bits per heavy atom. The molecule has 0 amide bonds. The average molecular weight is 302 g/mol. The summed E-state index contributed by atoms with van der Waals surface area (Å²) < 4.78 is 5.35. The molecule has 0 spiro atoms. The largest absolute Gasteiger partial charge is 0.496 e. The van der Waals surface area contributed by atoms with E-state index >= 15 is 0 Å². The van der Waals surface area contributed by atoms with Crippen LogP contribution >= 0.6 is 22.9 Å². The predicted molar refractivity (Wildman–Crippen MR) is 83.3 cm³/mol. The second kappa shape index (κ2) is 5.23. The van der Waals surface area contributed by atoms with Crippen molar-refractivity contribution in [3.05, 3.63) is 47.1 Å². The van der Waals surface area contributed by atoms with E-state index in [0.717, 1.165) is 21.6 Å². The van der Waals surface area contributed by atoms with E-state index in [2.05, 4.69) is 22.7 Å². The number of benzene rings is 1. The third-order valence-electron chi connectivity index (χ3n) is 2.90. The molecule has 0 bridgehead atoms. The highest BCUT2D eigenvalue weighted by Gasteiger charge is 2.15. The third-order valence-corrected chi connectivity index (χ3v) is 4.15. The summed E-state index contributed by atoms with van der Waals surface area (Å²) in [5, 5.41) is 4.02. The van der Waals surface area contributed by atoms with Crippen LogP contribution in [0.4, 0.5) is 0 Å². The fourth-order valence-electron chi connectivity index (χ4n) is 1.93. The van der Waals surface area contributed by atoms with Crippen molar-refractivity contribution in [3.63, 3.8) is 0 Å². The first-order valence-corrected chi connectivity index (χ1v) is 7.12. The van der Waals surface area contributed by atoms with Crippen molar-refractivity contribution in [1.82, 2.24) is 9.97 Å². The topological polar surface area (TPSA) is 35.0 Å². The Labute approximate surface area is 125 Å². The van der Waals surface area contributed by atoms with Gasteiger partial charge in [0.15, 0.2) is 0 Å². The molecule has 0 N–H and O–H groups in total. The summed E-state index contributed by atoms with van der Waals surface area (Å²) in [6.45, 7) is 3.70. The molecule has 0 saturated carbocycles. The van der Waals surface area contributed by atoms with E-state index in [-0.39, 0.29) is 0 Å². The molecule has 0 aliphatic carbocycles. The second-order valence-corrected chi connectivity index (χ2v) is 5.28. The summed E-state index contributed by atoms with van der Waals surface area (Å²) in [4.78, 5) is 8.74. The van der Waals surface area contributed by atoms with Crippen molar-refractivity contribution in [3.8, 4) is 16.3 Å². The van der Waals surface area contributed by atoms with Crippen LogP contribution in [0.25, 0.3) is 27.6 Å². The Hall–Kier alpha value is -1.91. The number of ether oxygens (including phenoxy) is 1. The summed E-state index contributed by atoms with van der Waals surface area (Å²) in [5.74, 6) is 0.691. The quantitative estimate of drug-likeness (QED) is 0.716. The lowest BCUT2D eigenvalue weighted by molar-refractivity contribution is 0.420. The molecule has 0 aliphatic heterocycles. The minimum absolute atomic E-state index is 0.553. The standard InChI is InChI=1S/C15H10ClN2OS/c1-3-9-8-20-15(18-9)10-7-17-11-5-4-6-12(19-2)13(11)14(10)16/h3-6,8H,1H2,2H3. The zero-order valence-corrected chi connectivity index (χ0v) is 12.3. The highest BCUT2D eigenvalue weighted by Crippen LogP contribution is 2.38. The van der Waals surface area contributed by atoms with Gasteiger partial charge in [-0.2, -0.15) is 0 Å². The van der Waals surface area contributed by atoms with E-state index in [1.54, 1.807) is 13.2 Å². The van der Waals surface area contributed by atoms with Gasteiger partial charge >= 0.3 is 0 Å². The first-order chi connectivity index (χ1) is 9.74. The summed E-state index contributed by atoms with van der Waals surface area (Å²) in [6, 6.07) is 5.61. The molecule has 1 aromatic carbocycles. The summed E-state index contributed by atoms with van der Waals surface area (Å²) in [7, 11) is 1.61. The molecule has 2 aromatic heterocycles. The van der Waals surface area contributed by atoms with Crippen LogP contribution < -0.4 is 4.74 Å². The van der Waals surface area contributed by atoms with Gasteiger partial charge in [-0.15, -0.1) is 11.3 Å². The molecular weight excluding hydrogens is 292 g/mol. The van der Waals surface area contributed by atoms with Gasteiger partial charge in [-0.3, -0.25) is 0 Å². The van der Waals surface area contributed by atoms with Crippen LogP contribution in [-0.2, 0) is 0 Å². The molecule has 20 heavy (non-hydrogen) atoms. The highest BCUT2D eigenvalue weighted by atomic mass is 35.5. The minimum Gasteiger partial charge on any atom is -0.496 e. The maximum atomic E-state index is 6.50. The molecule has 1 radical (unpaired) electrons. The fraction of sp³-hybridized carbons (Fsp3) is 0.0667. The molecule has 5 heteroatoms. The van der Waals surface area contributed by atoms with Gasteiger partial charge in [-0.25, -0.2) is 9.97 Å². The Balaban J connectivity index is 2.27. The zero-order valence-electron chi connectivity index (χ0n) is 10.7. The van der Waals surface area contributed by atoms with Crippen LogP contribution in [0.2, 0.25) is 5.02 Å². The molecular formula is C15H10ClN2OS. The molecule has 3 nitrogen and oxygen atoms in total. The molecule has 0 unspecified atom stereocenters. The van der Waals surface area contributed by atoms with Crippen molar-refractivity contribution in [2.75, 3.05) is 7.11 Å². The molecule has 0 aliphatic rings. The molecule has 2 heterocycles. The number of thiazole rings is 1. The predicted octanol–water partition coefficient (Wildman–Crippen LogP) is 4.46. The summed E-state index contributed by atoms with van der Waals surface area (Å²) in [5.41, 5.74) is 2.25. The maximum absolute atomic E-state index is 6.50. The van der Waals surface area contributed by atoms with Gasteiger partial charge in [0, 0.05) is 5.38 Å². The fourth-order valence-corrected chi connectivity index (χ4v) is 3.11. The van der Waals surface area contributed by atoms with E-state index in [0.29, 0.717) is 16.3 Å². The number of nitrogens with zero attached hydrogens (tertiary/aromatic N) is 2. The number of hydrogen-bond acceptors (Lipinski definition) is 4. The monoisotopic (exact) mass is 301 g/mol. The third kappa shape index (κ3) is 2.07. The Kier molecular flexibility index (Phi) is 3.42. The average Bonchev–Trinajstić information content (AvgIpc) is 2.95. The van der Waals surface area contributed by atoms with E-state index in [1.165, 1.54) is 11.3 Å². The number of methoxy groups -OCH3 is 1. The SMILES string of the molecule is C=Cc1csc(-c2[c]nc3cccc(OC)c3c2Cl)n1. The molecule has 3 aromatic rings. The van der Waals surface area contributed by atoms with Gasteiger partial charge in [-0.05, 0) is 18.2 Å². The first-order valence-electron chi connectivity index (χ1n) is 5.87. The number of aromatic nitrogens is 2. The lowest BCUT2D eigenvalue weighted by Crippen LogP contribution is -1.90. The molecule has 99 valence electrons.